The molecule has 0 amide bonds. The van der Waals surface area contributed by atoms with Crippen molar-refractivity contribution < 1.29 is 5.11 Å². The molecule has 2 nitrogen and oxygen atoms in total. The summed E-state index contributed by atoms with van der Waals surface area (Å²) in [5, 5.41) is 15.9. The average molecular weight is 271 g/mol. The summed E-state index contributed by atoms with van der Waals surface area (Å²) >= 11 is 3.82. The second kappa shape index (κ2) is 5.74. The third-order valence-corrected chi connectivity index (χ3v) is 5.67. The summed E-state index contributed by atoms with van der Waals surface area (Å²) in [6.07, 6.45) is 1.15. The Morgan fingerprint density at radius 1 is 1.53 bits per heavy atom. The van der Waals surface area contributed by atoms with Crippen LogP contribution in [0.3, 0.4) is 0 Å². The fraction of sp³-hybridized carbons (Fsp3) is 0.692. The van der Waals surface area contributed by atoms with Gasteiger partial charge in [0.15, 0.2) is 0 Å². The minimum atomic E-state index is 0.197. The minimum absolute atomic E-state index is 0.197. The lowest BCUT2D eigenvalue weighted by atomic mass is 9.99. The zero-order valence-corrected chi connectivity index (χ0v) is 12.3. The second-order valence-electron chi connectivity index (χ2n) is 5.08. The van der Waals surface area contributed by atoms with Crippen molar-refractivity contribution in [1.29, 1.82) is 0 Å². The predicted molar refractivity (Wildman–Crippen MR) is 75.8 cm³/mol. The molecular formula is C13H21NOS2. The SMILES string of the molecule is CC(C)[C@@H](CO)NC1C[C@H](C)Sc2sccc21. The Bertz CT molecular complexity index is 364. The first-order chi connectivity index (χ1) is 8.11. The van der Waals surface area contributed by atoms with Crippen LogP contribution in [-0.4, -0.2) is 23.0 Å². The molecule has 0 radical (unpaired) electrons. The van der Waals surface area contributed by atoms with Gasteiger partial charge in [0, 0.05) is 17.3 Å². The van der Waals surface area contributed by atoms with Crippen molar-refractivity contribution >= 4 is 23.1 Å². The quantitative estimate of drug-likeness (QED) is 0.881. The van der Waals surface area contributed by atoms with E-state index in [9.17, 15) is 5.11 Å². The summed E-state index contributed by atoms with van der Waals surface area (Å²) in [4.78, 5) is 0. The normalized spacial score (nSPS) is 25.9. The zero-order valence-electron chi connectivity index (χ0n) is 10.6. The van der Waals surface area contributed by atoms with E-state index in [0.717, 1.165) is 6.42 Å². The molecule has 2 rings (SSSR count). The molecule has 0 aromatic carbocycles. The number of fused-ring (bicyclic) bond motifs is 1. The largest absolute Gasteiger partial charge is 0.395 e. The number of nitrogens with one attached hydrogen (secondary N) is 1. The van der Waals surface area contributed by atoms with Gasteiger partial charge in [0.2, 0.25) is 0 Å². The van der Waals surface area contributed by atoms with Gasteiger partial charge in [-0.15, -0.1) is 23.1 Å². The van der Waals surface area contributed by atoms with E-state index in [0.29, 0.717) is 17.2 Å². The van der Waals surface area contributed by atoms with E-state index in [4.69, 9.17) is 0 Å². The maximum atomic E-state index is 9.43. The fourth-order valence-corrected chi connectivity index (χ4v) is 4.79. The molecule has 17 heavy (non-hydrogen) atoms. The number of thioether (sulfide) groups is 1. The highest BCUT2D eigenvalue weighted by atomic mass is 32.2. The Labute approximate surface area is 112 Å². The maximum absolute atomic E-state index is 9.43. The summed E-state index contributed by atoms with van der Waals surface area (Å²) in [5.74, 6) is 0.465. The van der Waals surface area contributed by atoms with Crippen LogP contribution in [0, 0.1) is 5.92 Å². The van der Waals surface area contributed by atoms with Crippen molar-refractivity contribution in [2.24, 2.45) is 5.92 Å². The van der Waals surface area contributed by atoms with E-state index in [1.165, 1.54) is 9.77 Å². The summed E-state index contributed by atoms with van der Waals surface area (Å²) in [6.45, 7) is 6.81. The molecule has 0 fully saturated rings. The Morgan fingerprint density at radius 2 is 2.29 bits per heavy atom. The van der Waals surface area contributed by atoms with Crippen LogP contribution in [0.25, 0.3) is 0 Å². The molecule has 0 bridgehead atoms. The van der Waals surface area contributed by atoms with Crippen LogP contribution in [0.4, 0.5) is 0 Å². The average Bonchev–Trinajstić information content (AvgIpc) is 2.72. The van der Waals surface area contributed by atoms with Gasteiger partial charge in [-0.2, -0.15) is 0 Å². The van der Waals surface area contributed by atoms with Crippen molar-refractivity contribution in [3.8, 4) is 0 Å². The van der Waals surface area contributed by atoms with Crippen LogP contribution in [-0.2, 0) is 0 Å². The maximum Gasteiger partial charge on any atom is 0.0649 e. The lowest BCUT2D eigenvalue weighted by molar-refractivity contribution is 0.196. The summed E-state index contributed by atoms with van der Waals surface area (Å²) in [7, 11) is 0. The molecule has 2 N–H and O–H groups in total. The fourth-order valence-electron chi connectivity index (χ4n) is 2.22. The van der Waals surface area contributed by atoms with E-state index in [1.54, 1.807) is 0 Å². The summed E-state index contributed by atoms with van der Waals surface area (Å²) in [6, 6.07) is 2.83. The Balaban J connectivity index is 2.12. The Morgan fingerprint density at radius 3 is 2.94 bits per heavy atom. The highest BCUT2D eigenvalue weighted by Gasteiger charge is 2.28. The molecular weight excluding hydrogens is 250 g/mol. The van der Waals surface area contributed by atoms with Crippen LogP contribution < -0.4 is 5.32 Å². The first kappa shape index (κ1) is 13.4. The molecule has 1 unspecified atom stereocenters. The molecule has 1 aliphatic rings. The highest BCUT2D eigenvalue weighted by Crippen LogP contribution is 2.43. The highest BCUT2D eigenvalue weighted by molar-refractivity contribution is 8.01. The van der Waals surface area contributed by atoms with Crippen molar-refractivity contribution in [2.75, 3.05) is 6.61 Å². The van der Waals surface area contributed by atoms with E-state index < -0.39 is 0 Å². The number of hydrogen-bond donors (Lipinski definition) is 2. The van der Waals surface area contributed by atoms with E-state index in [-0.39, 0.29) is 12.6 Å². The van der Waals surface area contributed by atoms with E-state index >= 15 is 0 Å². The molecule has 0 saturated heterocycles. The summed E-state index contributed by atoms with van der Waals surface area (Å²) in [5.41, 5.74) is 1.43. The molecule has 1 aromatic rings. The van der Waals surface area contributed by atoms with Gasteiger partial charge in [0.1, 0.15) is 0 Å². The second-order valence-corrected chi connectivity index (χ2v) is 7.70. The van der Waals surface area contributed by atoms with Crippen LogP contribution in [0.15, 0.2) is 15.7 Å². The van der Waals surface area contributed by atoms with Gasteiger partial charge < -0.3 is 10.4 Å². The lowest BCUT2D eigenvalue weighted by Gasteiger charge is -2.32. The third-order valence-electron chi connectivity index (χ3n) is 3.33. The van der Waals surface area contributed by atoms with Crippen molar-refractivity contribution in [3.63, 3.8) is 0 Å². The standard InChI is InChI=1S/C13H21NOS2/c1-8(2)12(7-15)14-11-6-9(3)17-13-10(11)4-5-16-13/h4-5,8-9,11-12,14-15H,6-7H2,1-3H3/t9-,11?,12+/m0/s1. The lowest BCUT2D eigenvalue weighted by Crippen LogP contribution is -2.41. The predicted octanol–water partition coefficient (Wildman–Crippen LogP) is 3.28. The number of rotatable bonds is 4. The first-order valence-electron chi connectivity index (χ1n) is 6.22. The van der Waals surface area contributed by atoms with Crippen molar-refractivity contribution in [2.45, 2.75) is 48.7 Å². The van der Waals surface area contributed by atoms with Crippen LogP contribution >= 0.6 is 23.1 Å². The van der Waals surface area contributed by atoms with Gasteiger partial charge in [-0.25, -0.2) is 0 Å². The minimum Gasteiger partial charge on any atom is -0.395 e. The van der Waals surface area contributed by atoms with Gasteiger partial charge >= 0.3 is 0 Å². The molecule has 4 heteroatoms. The number of thiophene rings is 1. The number of hydrogen-bond acceptors (Lipinski definition) is 4. The molecule has 96 valence electrons. The van der Waals surface area contributed by atoms with Crippen molar-refractivity contribution in [1.82, 2.24) is 5.32 Å². The van der Waals surface area contributed by atoms with E-state index in [2.05, 4.69) is 37.5 Å². The molecule has 1 aromatic heterocycles. The van der Waals surface area contributed by atoms with Gasteiger partial charge in [0.25, 0.3) is 0 Å². The summed E-state index contributed by atoms with van der Waals surface area (Å²) < 4.78 is 1.45. The van der Waals surface area contributed by atoms with Crippen LogP contribution in [0.1, 0.15) is 38.8 Å². The van der Waals surface area contributed by atoms with Gasteiger partial charge in [-0.3, -0.25) is 0 Å². The zero-order chi connectivity index (χ0) is 12.4. The third kappa shape index (κ3) is 3.05. The Hall–Kier alpha value is -0.0300. The van der Waals surface area contributed by atoms with Crippen LogP contribution in [0.2, 0.25) is 0 Å². The smallest absolute Gasteiger partial charge is 0.0649 e. The van der Waals surface area contributed by atoms with Gasteiger partial charge in [-0.1, -0.05) is 20.8 Å². The molecule has 2 heterocycles. The molecule has 0 aliphatic carbocycles. The Kier molecular flexibility index (Phi) is 4.53. The number of aliphatic hydroxyl groups is 1. The van der Waals surface area contributed by atoms with Gasteiger partial charge in [0.05, 0.1) is 10.8 Å². The first-order valence-corrected chi connectivity index (χ1v) is 7.98. The molecule has 0 saturated carbocycles. The molecule has 3 atom stereocenters. The van der Waals surface area contributed by atoms with Crippen LogP contribution in [0.5, 0.6) is 0 Å². The topological polar surface area (TPSA) is 32.3 Å². The van der Waals surface area contributed by atoms with E-state index in [1.807, 2.05) is 23.1 Å². The van der Waals surface area contributed by atoms with Gasteiger partial charge in [-0.05, 0) is 29.3 Å². The molecule has 0 spiro atoms. The molecule has 1 aliphatic heterocycles. The number of aliphatic hydroxyl groups excluding tert-OH is 1. The monoisotopic (exact) mass is 271 g/mol. The van der Waals surface area contributed by atoms with Crippen molar-refractivity contribution in [3.05, 3.63) is 17.0 Å².